The Morgan fingerprint density at radius 1 is 0.321 bits per heavy atom. The van der Waals surface area contributed by atoms with E-state index in [0.717, 1.165) is 55.7 Å². The van der Waals surface area contributed by atoms with Crippen molar-refractivity contribution in [3.63, 3.8) is 0 Å². The van der Waals surface area contributed by atoms with E-state index >= 15 is 0 Å². The normalized spacial score (nSPS) is 11.6. The Bertz CT molecular complexity index is 4450. The number of hydrogen-bond acceptors (Lipinski definition) is 2. The fourth-order valence-corrected chi connectivity index (χ4v) is 12.5. The van der Waals surface area contributed by atoms with Crippen LogP contribution in [0, 0.1) is 66.7 Å². The van der Waals surface area contributed by atoms with Crippen molar-refractivity contribution >= 4 is 43.6 Å². The fraction of sp³-hybridized carbons (Fsp3) is 0.108. The van der Waals surface area contributed by atoms with Crippen molar-refractivity contribution in [2.75, 3.05) is 0 Å². The Morgan fingerprint density at radius 2 is 0.692 bits per heavy atom. The number of aromatic nitrogens is 3. The van der Waals surface area contributed by atoms with Gasteiger partial charge in [0.15, 0.2) is 0 Å². The molecule has 4 heteroatoms. The quantitative estimate of drug-likeness (QED) is 0.152. The first-order chi connectivity index (χ1) is 37.9. The zero-order chi connectivity index (χ0) is 53.5. The number of hydrogen-bond donors (Lipinski definition) is 0. The highest BCUT2D eigenvalue weighted by molar-refractivity contribution is 6.14. The third-order valence-corrected chi connectivity index (χ3v) is 16.2. The standard InChI is InChI=1S/C74H58N4/c1-44-13-22-58(48(5)33-44)52-17-26-70-65(37-52)66-38-53(59-23-14-45(2)34-49(59)6)18-27-71(66)77(70)69-30-21-56(41-64(69)62-12-10-9-11-57(62)42-75)63-31-32-76-43-74(63)78-72-28-19-54(60-24-15-46(3)35-50(60)7)39-67(72)68-40-55(20-29-73(68)78)61-25-16-47(4)36-51(61)8/h9-41,43H,1-8H3. The van der Waals surface area contributed by atoms with Crippen LogP contribution in [0.4, 0.5) is 0 Å². The summed E-state index contributed by atoms with van der Waals surface area (Å²) >= 11 is 0. The maximum atomic E-state index is 10.8. The number of fused-ring (bicyclic) bond motifs is 6. The molecule has 3 aromatic heterocycles. The van der Waals surface area contributed by atoms with Crippen molar-refractivity contribution in [1.29, 1.82) is 5.26 Å². The Labute approximate surface area is 456 Å². The Balaban J connectivity index is 1.05. The molecule has 13 aromatic rings. The van der Waals surface area contributed by atoms with Gasteiger partial charge in [0.2, 0.25) is 0 Å². The summed E-state index contributed by atoms with van der Waals surface area (Å²) in [6.07, 6.45) is 3.91. The van der Waals surface area contributed by atoms with E-state index < -0.39 is 0 Å². The molecule has 4 nitrogen and oxygen atoms in total. The van der Waals surface area contributed by atoms with E-state index in [4.69, 9.17) is 4.98 Å². The first kappa shape index (κ1) is 48.1. The van der Waals surface area contributed by atoms with Gasteiger partial charge >= 0.3 is 0 Å². The van der Waals surface area contributed by atoms with Crippen LogP contribution in [-0.2, 0) is 0 Å². The molecule has 0 atom stereocenters. The van der Waals surface area contributed by atoms with Crippen LogP contribution in [0.3, 0.4) is 0 Å². The van der Waals surface area contributed by atoms with Crippen LogP contribution in [0.1, 0.15) is 50.1 Å². The number of pyridine rings is 1. The van der Waals surface area contributed by atoms with Crippen molar-refractivity contribution in [3.8, 4) is 84.2 Å². The predicted octanol–water partition coefficient (Wildman–Crippen LogP) is 19.6. The number of nitriles is 1. The molecule has 0 aliphatic rings. The van der Waals surface area contributed by atoms with Crippen molar-refractivity contribution in [3.05, 3.63) is 257 Å². The molecule has 0 spiro atoms. The van der Waals surface area contributed by atoms with Gasteiger partial charge in [-0.15, -0.1) is 0 Å². The molecule has 0 aliphatic heterocycles. The molecule has 3 heterocycles. The average molecular weight is 1000 g/mol. The summed E-state index contributed by atoms with van der Waals surface area (Å²) in [6, 6.07) is 74.1. The average Bonchev–Trinajstić information content (AvgIpc) is 3.98. The minimum atomic E-state index is 0.613. The largest absolute Gasteiger partial charge is 0.309 e. The topological polar surface area (TPSA) is 46.5 Å². The van der Waals surface area contributed by atoms with Crippen molar-refractivity contribution in [2.45, 2.75) is 55.4 Å². The van der Waals surface area contributed by atoms with Crippen LogP contribution < -0.4 is 0 Å². The third-order valence-electron chi connectivity index (χ3n) is 16.2. The summed E-state index contributed by atoms with van der Waals surface area (Å²) in [5.41, 5.74) is 30.5. The van der Waals surface area contributed by atoms with Gasteiger partial charge in [-0.05, 0) is 201 Å². The minimum absolute atomic E-state index is 0.613. The smallest absolute Gasteiger partial charge is 0.0998 e. The summed E-state index contributed by atoms with van der Waals surface area (Å²) in [5.74, 6) is 0. The lowest BCUT2D eigenvalue weighted by Gasteiger charge is -2.19. The predicted molar refractivity (Wildman–Crippen MR) is 328 cm³/mol. The lowest BCUT2D eigenvalue weighted by Crippen LogP contribution is -2.01. The Morgan fingerprint density at radius 3 is 1.09 bits per heavy atom. The van der Waals surface area contributed by atoms with Gasteiger partial charge in [-0.1, -0.05) is 144 Å². The van der Waals surface area contributed by atoms with E-state index in [0.29, 0.717) is 5.56 Å². The second-order valence-corrected chi connectivity index (χ2v) is 21.7. The first-order valence-electron chi connectivity index (χ1n) is 27.0. The van der Waals surface area contributed by atoms with E-state index in [9.17, 15) is 5.26 Å². The van der Waals surface area contributed by atoms with Gasteiger partial charge in [0.05, 0.1) is 51.3 Å². The summed E-state index contributed by atoms with van der Waals surface area (Å²) in [6.45, 7) is 17.4. The van der Waals surface area contributed by atoms with Gasteiger partial charge in [-0.2, -0.15) is 5.26 Å². The minimum Gasteiger partial charge on any atom is -0.309 e. The molecule has 78 heavy (non-hydrogen) atoms. The molecule has 10 aromatic carbocycles. The molecule has 0 amide bonds. The number of benzene rings is 10. The SMILES string of the molecule is Cc1ccc(-c2ccc3c(c2)c2cc(-c4ccc(C)cc4C)ccc2n3-c2cnccc2-c2ccc(-n3c4ccc(-c5ccc(C)cc5C)cc4c4cc(-c5ccc(C)cc5C)ccc43)c(-c3ccccc3C#N)c2)c(C)c1. The molecular weight excluding hydrogens is 945 g/mol. The third kappa shape index (κ3) is 8.10. The molecule has 13 rings (SSSR count). The molecule has 0 aliphatic carbocycles. The summed E-state index contributed by atoms with van der Waals surface area (Å²) in [7, 11) is 0. The van der Waals surface area contributed by atoms with Crippen LogP contribution >= 0.6 is 0 Å². The summed E-state index contributed by atoms with van der Waals surface area (Å²) in [4.78, 5) is 4.85. The molecule has 0 unspecified atom stereocenters. The maximum Gasteiger partial charge on any atom is 0.0998 e. The molecule has 374 valence electrons. The molecule has 0 N–H and O–H groups in total. The van der Waals surface area contributed by atoms with E-state index in [2.05, 4.69) is 247 Å². The van der Waals surface area contributed by atoms with E-state index in [1.165, 1.54) is 111 Å². The monoisotopic (exact) mass is 1000 g/mol. The first-order valence-corrected chi connectivity index (χ1v) is 27.0. The molecule has 0 bridgehead atoms. The zero-order valence-electron chi connectivity index (χ0n) is 45.4. The van der Waals surface area contributed by atoms with Crippen LogP contribution in [0.5, 0.6) is 0 Å². The van der Waals surface area contributed by atoms with Crippen LogP contribution in [-0.4, -0.2) is 14.1 Å². The van der Waals surface area contributed by atoms with E-state index in [-0.39, 0.29) is 0 Å². The number of aryl methyl sites for hydroxylation is 8. The highest BCUT2D eigenvalue weighted by Crippen LogP contribution is 2.45. The molecule has 0 saturated carbocycles. The molecule has 0 radical (unpaired) electrons. The highest BCUT2D eigenvalue weighted by Gasteiger charge is 2.23. The number of rotatable bonds is 8. The van der Waals surface area contributed by atoms with Gasteiger partial charge in [-0.3, -0.25) is 4.98 Å². The maximum absolute atomic E-state index is 10.8. The molecular formula is C74H58N4. The van der Waals surface area contributed by atoms with Crippen molar-refractivity contribution < 1.29 is 0 Å². The van der Waals surface area contributed by atoms with Gasteiger partial charge in [-0.25, -0.2) is 0 Å². The van der Waals surface area contributed by atoms with Gasteiger partial charge in [0.1, 0.15) is 0 Å². The Kier molecular flexibility index (Phi) is 11.7. The van der Waals surface area contributed by atoms with Crippen molar-refractivity contribution in [2.24, 2.45) is 0 Å². The lowest BCUT2D eigenvalue weighted by atomic mass is 9.94. The molecule has 0 saturated heterocycles. The van der Waals surface area contributed by atoms with E-state index in [1.807, 2.05) is 30.6 Å². The van der Waals surface area contributed by atoms with Crippen LogP contribution in [0.25, 0.3) is 122 Å². The summed E-state index contributed by atoms with van der Waals surface area (Å²) < 4.78 is 4.81. The molecule has 0 fully saturated rings. The zero-order valence-corrected chi connectivity index (χ0v) is 45.4. The summed E-state index contributed by atoms with van der Waals surface area (Å²) in [5, 5.41) is 15.5. The second kappa shape index (κ2) is 18.9. The Hall–Kier alpha value is -9.56. The van der Waals surface area contributed by atoms with Crippen LogP contribution in [0.15, 0.2) is 207 Å². The lowest BCUT2D eigenvalue weighted by molar-refractivity contribution is 1.14. The second-order valence-electron chi connectivity index (χ2n) is 21.7. The fourth-order valence-electron chi connectivity index (χ4n) is 12.5. The van der Waals surface area contributed by atoms with E-state index in [1.54, 1.807) is 0 Å². The van der Waals surface area contributed by atoms with Crippen LogP contribution in [0.2, 0.25) is 0 Å². The number of nitrogens with zero attached hydrogens (tertiary/aromatic N) is 4. The van der Waals surface area contributed by atoms with Gasteiger partial charge in [0, 0.05) is 44.4 Å². The van der Waals surface area contributed by atoms with Gasteiger partial charge < -0.3 is 9.13 Å². The van der Waals surface area contributed by atoms with Gasteiger partial charge in [0.25, 0.3) is 0 Å². The van der Waals surface area contributed by atoms with Crippen molar-refractivity contribution in [1.82, 2.24) is 14.1 Å². The highest BCUT2D eigenvalue weighted by atomic mass is 15.0.